The summed E-state index contributed by atoms with van der Waals surface area (Å²) in [5.74, 6) is -0.694. The maximum absolute atomic E-state index is 13.7. The second-order valence-corrected chi connectivity index (χ2v) is 5.18. The van der Waals surface area contributed by atoms with Gasteiger partial charge >= 0.3 is 0 Å². The van der Waals surface area contributed by atoms with Crippen LogP contribution in [0.15, 0.2) is 40.9 Å². The third kappa shape index (κ3) is 2.90. The van der Waals surface area contributed by atoms with Crippen LogP contribution >= 0.6 is 27.5 Å². The predicted octanol–water partition coefficient (Wildman–Crippen LogP) is 5.06. The number of benzene rings is 2. The Balaban J connectivity index is 2.44. The van der Waals surface area contributed by atoms with E-state index in [9.17, 15) is 8.78 Å². The van der Waals surface area contributed by atoms with E-state index in [4.69, 9.17) is 16.3 Å². The van der Waals surface area contributed by atoms with Gasteiger partial charge in [-0.15, -0.1) is 11.6 Å². The lowest BCUT2D eigenvalue weighted by Gasteiger charge is -2.14. The highest BCUT2D eigenvalue weighted by atomic mass is 79.9. The van der Waals surface area contributed by atoms with Gasteiger partial charge in [-0.3, -0.25) is 0 Å². The van der Waals surface area contributed by atoms with Crippen molar-refractivity contribution in [1.29, 1.82) is 0 Å². The van der Waals surface area contributed by atoms with E-state index < -0.39 is 17.0 Å². The molecule has 1 nitrogen and oxygen atoms in total. The molecule has 0 fully saturated rings. The molecule has 0 aliphatic carbocycles. The van der Waals surface area contributed by atoms with Gasteiger partial charge < -0.3 is 4.74 Å². The van der Waals surface area contributed by atoms with E-state index in [1.807, 2.05) is 0 Å². The minimum atomic E-state index is -0.900. The molecule has 2 rings (SSSR count). The third-order valence-corrected chi connectivity index (χ3v) is 3.81. The maximum atomic E-state index is 13.7. The molecule has 0 saturated carbocycles. The number of alkyl halides is 1. The number of hydrogen-bond donors (Lipinski definition) is 0. The third-order valence-electron chi connectivity index (χ3n) is 2.72. The van der Waals surface area contributed by atoms with Crippen LogP contribution in [0.25, 0.3) is 0 Å². The van der Waals surface area contributed by atoms with E-state index in [-0.39, 0.29) is 5.56 Å². The van der Waals surface area contributed by atoms with Gasteiger partial charge in [-0.25, -0.2) is 8.78 Å². The molecule has 2 aromatic rings. The van der Waals surface area contributed by atoms with Crippen LogP contribution in [0.1, 0.15) is 16.5 Å². The van der Waals surface area contributed by atoms with Gasteiger partial charge in [0.1, 0.15) is 17.4 Å². The largest absolute Gasteiger partial charge is 0.496 e. The first-order valence-electron chi connectivity index (χ1n) is 5.46. The van der Waals surface area contributed by atoms with E-state index >= 15 is 0 Å². The normalized spacial score (nSPS) is 12.3. The zero-order valence-electron chi connectivity index (χ0n) is 9.96. The van der Waals surface area contributed by atoms with Crippen molar-refractivity contribution in [3.05, 3.63) is 63.6 Å². The predicted molar refractivity (Wildman–Crippen MR) is 74.7 cm³/mol. The Kier molecular flexibility index (Phi) is 4.42. The summed E-state index contributed by atoms with van der Waals surface area (Å²) in [6, 6.07) is 8.73. The van der Waals surface area contributed by atoms with Crippen molar-refractivity contribution < 1.29 is 13.5 Å². The molecule has 0 saturated heterocycles. The van der Waals surface area contributed by atoms with Gasteiger partial charge in [-0.05, 0) is 45.8 Å². The van der Waals surface area contributed by atoms with Crippen LogP contribution in [0.3, 0.4) is 0 Å². The number of ether oxygens (including phenoxy) is 1. The summed E-state index contributed by atoms with van der Waals surface area (Å²) in [6.45, 7) is 0. The molecule has 0 aromatic heterocycles. The van der Waals surface area contributed by atoms with Crippen LogP contribution in [0.4, 0.5) is 8.78 Å². The summed E-state index contributed by atoms with van der Waals surface area (Å²) in [5.41, 5.74) is 0.430. The number of rotatable bonds is 3. The fourth-order valence-corrected chi connectivity index (χ4v) is 2.66. The van der Waals surface area contributed by atoms with E-state index in [1.54, 1.807) is 18.2 Å². The van der Waals surface area contributed by atoms with Gasteiger partial charge in [0.15, 0.2) is 0 Å². The first-order valence-corrected chi connectivity index (χ1v) is 6.69. The molecule has 1 atom stereocenters. The number of halogens is 4. The maximum Gasteiger partial charge on any atom is 0.133 e. The molecule has 5 heteroatoms. The zero-order chi connectivity index (χ0) is 14.0. The Bertz CT molecular complexity index is 584. The van der Waals surface area contributed by atoms with Gasteiger partial charge in [-0.2, -0.15) is 0 Å². The first-order chi connectivity index (χ1) is 9.04. The van der Waals surface area contributed by atoms with E-state index in [2.05, 4.69) is 15.9 Å². The van der Waals surface area contributed by atoms with Crippen molar-refractivity contribution in [3.8, 4) is 5.75 Å². The van der Waals surface area contributed by atoms with Crippen LogP contribution in [0, 0.1) is 11.6 Å². The van der Waals surface area contributed by atoms with Gasteiger partial charge in [0.05, 0.1) is 17.0 Å². The topological polar surface area (TPSA) is 9.23 Å². The molecule has 0 bridgehead atoms. The Morgan fingerprint density at radius 3 is 2.32 bits per heavy atom. The van der Waals surface area contributed by atoms with Crippen molar-refractivity contribution in [1.82, 2.24) is 0 Å². The second-order valence-electron chi connectivity index (χ2n) is 3.89. The summed E-state index contributed by atoms with van der Waals surface area (Å²) in [7, 11) is 1.54. The molecule has 0 spiro atoms. The number of methoxy groups -OCH3 is 1. The highest BCUT2D eigenvalue weighted by Gasteiger charge is 2.20. The van der Waals surface area contributed by atoms with Gasteiger partial charge in [-0.1, -0.05) is 12.1 Å². The smallest absolute Gasteiger partial charge is 0.133 e. The summed E-state index contributed by atoms with van der Waals surface area (Å²) in [5, 5.41) is -0.900. The molecule has 19 heavy (non-hydrogen) atoms. The first kappa shape index (κ1) is 14.3. The molecular weight excluding hydrogens is 338 g/mol. The molecule has 100 valence electrons. The average molecular weight is 348 g/mol. The SMILES string of the molecule is COc1ccc(C(Cl)c2c(F)cccc2F)cc1Br. The highest BCUT2D eigenvalue weighted by molar-refractivity contribution is 9.10. The van der Waals surface area contributed by atoms with Crippen LogP contribution in [0.2, 0.25) is 0 Å². The fourth-order valence-electron chi connectivity index (χ4n) is 1.76. The Hall–Kier alpha value is -1.13. The van der Waals surface area contributed by atoms with Crippen molar-refractivity contribution in [3.63, 3.8) is 0 Å². The average Bonchev–Trinajstić information content (AvgIpc) is 2.38. The molecule has 0 amide bonds. The Labute approximate surface area is 123 Å². The van der Waals surface area contributed by atoms with E-state index in [0.29, 0.717) is 15.8 Å². The molecular formula is C14H10BrClF2O. The molecule has 0 aliphatic heterocycles. The van der Waals surface area contributed by atoms with Crippen LogP contribution in [-0.4, -0.2) is 7.11 Å². The van der Waals surface area contributed by atoms with Crippen LogP contribution in [0.5, 0.6) is 5.75 Å². The van der Waals surface area contributed by atoms with E-state index in [0.717, 1.165) is 0 Å². The van der Waals surface area contributed by atoms with Gasteiger partial charge in [0.2, 0.25) is 0 Å². The summed E-state index contributed by atoms with van der Waals surface area (Å²) < 4.78 is 33.1. The van der Waals surface area contributed by atoms with Crippen molar-refractivity contribution in [2.75, 3.05) is 7.11 Å². The lowest BCUT2D eigenvalue weighted by Crippen LogP contribution is -2.01. The fraction of sp³-hybridized carbons (Fsp3) is 0.143. The second kappa shape index (κ2) is 5.88. The quantitative estimate of drug-likeness (QED) is 0.705. The monoisotopic (exact) mass is 346 g/mol. The molecule has 0 aliphatic rings. The van der Waals surface area contributed by atoms with Crippen LogP contribution in [-0.2, 0) is 0 Å². The standard InChI is InChI=1S/C14H10BrClF2O/c1-19-12-6-5-8(7-9(12)15)14(16)13-10(17)3-2-4-11(13)18/h2-7,14H,1H3. The number of hydrogen-bond acceptors (Lipinski definition) is 1. The minimum absolute atomic E-state index is 0.152. The Morgan fingerprint density at radius 1 is 1.16 bits per heavy atom. The zero-order valence-corrected chi connectivity index (χ0v) is 12.3. The lowest BCUT2D eigenvalue weighted by molar-refractivity contribution is 0.412. The van der Waals surface area contributed by atoms with E-state index in [1.165, 1.54) is 25.3 Å². The molecule has 0 heterocycles. The lowest BCUT2D eigenvalue weighted by atomic mass is 10.0. The molecule has 2 aromatic carbocycles. The summed E-state index contributed by atoms with van der Waals surface area (Å²) >= 11 is 9.48. The highest BCUT2D eigenvalue weighted by Crippen LogP contribution is 2.36. The van der Waals surface area contributed by atoms with Gasteiger partial charge in [0.25, 0.3) is 0 Å². The van der Waals surface area contributed by atoms with Crippen LogP contribution < -0.4 is 4.74 Å². The van der Waals surface area contributed by atoms with Gasteiger partial charge in [0, 0.05) is 5.56 Å². The van der Waals surface area contributed by atoms with Crippen molar-refractivity contribution in [2.45, 2.75) is 5.38 Å². The van der Waals surface area contributed by atoms with Crippen molar-refractivity contribution >= 4 is 27.5 Å². The summed E-state index contributed by atoms with van der Waals surface area (Å²) in [6.07, 6.45) is 0. The minimum Gasteiger partial charge on any atom is -0.496 e. The molecule has 0 N–H and O–H groups in total. The molecule has 1 unspecified atom stereocenters. The summed E-state index contributed by atoms with van der Waals surface area (Å²) in [4.78, 5) is 0. The van der Waals surface area contributed by atoms with Crippen molar-refractivity contribution in [2.24, 2.45) is 0 Å². The molecule has 0 radical (unpaired) electrons. The Morgan fingerprint density at radius 2 is 1.79 bits per heavy atom.